The summed E-state index contributed by atoms with van der Waals surface area (Å²) in [5.41, 5.74) is 0.527. The van der Waals surface area contributed by atoms with Crippen LogP contribution in [0.5, 0.6) is 0 Å². The number of rotatable bonds is 7. The molecule has 0 aliphatic carbocycles. The van der Waals surface area contributed by atoms with E-state index in [4.69, 9.17) is 4.98 Å². The summed E-state index contributed by atoms with van der Waals surface area (Å²) in [6.07, 6.45) is 1.62. The summed E-state index contributed by atoms with van der Waals surface area (Å²) in [5, 5.41) is 7.52. The predicted octanol–water partition coefficient (Wildman–Crippen LogP) is 5.74. The second-order valence-corrected chi connectivity index (χ2v) is 9.97. The van der Waals surface area contributed by atoms with Gasteiger partial charge >= 0.3 is 0 Å². The van der Waals surface area contributed by atoms with E-state index in [1.165, 1.54) is 4.90 Å². The molecule has 0 bridgehead atoms. The molecule has 2 aromatic heterocycles. The van der Waals surface area contributed by atoms with Crippen LogP contribution in [0.15, 0.2) is 54.7 Å². The van der Waals surface area contributed by atoms with Crippen LogP contribution in [-0.4, -0.2) is 41.3 Å². The molecular weight excluding hydrogens is 559 g/mol. The van der Waals surface area contributed by atoms with Crippen LogP contribution in [0.25, 0.3) is 16.7 Å². The largest absolute Gasteiger partial charge is 0.320 e. The normalized spacial score (nSPS) is 14.6. The summed E-state index contributed by atoms with van der Waals surface area (Å²) in [6.45, 7) is 3.69. The molecule has 0 saturated carbocycles. The first kappa shape index (κ1) is 27.2. The molecule has 0 spiro atoms. The molecule has 0 radical (unpaired) electrons. The maximum absolute atomic E-state index is 14.4. The highest BCUT2D eigenvalue weighted by atomic mass is 19.2. The predicted molar refractivity (Wildman–Crippen MR) is 139 cm³/mol. The number of aromatic nitrogens is 5. The summed E-state index contributed by atoms with van der Waals surface area (Å²) in [6, 6.07) is 12.8. The number of nitrogens with zero attached hydrogens (tertiary/aromatic N) is 6. The van der Waals surface area contributed by atoms with Crippen molar-refractivity contribution < 1.29 is 31.5 Å². The Hall–Kier alpha value is -4.94. The van der Waals surface area contributed by atoms with Crippen molar-refractivity contribution in [2.45, 2.75) is 32.9 Å². The smallest absolute Gasteiger partial charge is 0.262 e. The Kier molecular flexibility index (Phi) is 6.59. The molecule has 0 fully saturated rings. The van der Waals surface area contributed by atoms with Crippen LogP contribution < -0.4 is 0 Å². The van der Waals surface area contributed by atoms with Gasteiger partial charge in [-0.05, 0) is 30.2 Å². The van der Waals surface area contributed by atoms with E-state index in [1.807, 2.05) is 13.8 Å². The van der Waals surface area contributed by atoms with Crippen molar-refractivity contribution in [3.05, 3.63) is 106 Å². The molecule has 1 unspecified atom stereocenters. The molecule has 2 atom stereocenters. The monoisotopic (exact) mass is 580 g/mol. The fourth-order valence-corrected chi connectivity index (χ4v) is 5.23. The zero-order chi connectivity index (χ0) is 29.9. The first-order chi connectivity index (χ1) is 20.1. The van der Waals surface area contributed by atoms with Gasteiger partial charge in [-0.3, -0.25) is 14.5 Å². The van der Waals surface area contributed by atoms with Crippen LogP contribution in [0.3, 0.4) is 0 Å². The molecule has 2 amide bonds. The van der Waals surface area contributed by atoms with Crippen molar-refractivity contribution in [3.63, 3.8) is 0 Å². The number of para-hydroxylation sites is 2. The molecule has 3 aromatic carbocycles. The van der Waals surface area contributed by atoms with Crippen molar-refractivity contribution >= 4 is 22.8 Å². The molecule has 5 aromatic rings. The summed E-state index contributed by atoms with van der Waals surface area (Å²) in [4.78, 5) is 33.0. The van der Waals surface area contributed by atoms with Crippen molar-refractivity contribution in [2.24, 2.45) is 5.92 Å². The fraction of sp³-hybridized carbons (Fsp3) is 0.207. The lowest BCUT2D eigenvalue weighted by Gasteiger charge is -2.31. The van der Waals surface area contributed by atoms with Crippen molar-refractivity contribution in [1.82, 2.24) is 29.4 Å². The first-order valence-electron chi connectivity index (χ1n) is 13.0. The van der Waals surface area contributed by atoms with E-state index in [2.05, 4.69) is 10.3 Å². The number of imidazole rings is 1. The molecule has 214 valence electrons. The maximum Gasteiger partial charge on any atom is 0.262 e. The molecule has 1 aliphatic rings. The van der Waals surface area contributed by atoms with Gasteiger partial charge in [-0.15, -0.1) is 5.10 Å². The summed E-state index contributed by atoms with van der Waals surface area (Å²) in [5.74, 6) is -11.4. The highest BCUT2D eigenvalue weighted by molar-refractivity contribution is 6.21. The zero-order valence-corrected chi connectivity index (χ0v) is 22.2. The minimum atomic E-state index is -2.28. The van der Waals surface area contributed by atoms with Gasteiger partial charge < -0.3 is 4.57 Å². The van der Waals surface area contributed by atoms with E-state index < -0.39 is 52.6 Å². The van der Waals surface area contributed by atoms with Gasteiger partial charge in [-0.25, -0.2) is 31.6 Å². The number of fused-ring (bicyclic) bond motifs is 2. The molecule has 0 saturated heterocycles. The second-order valence-electron chi connectivity index (χ2n) is 9.97. The standard InChI is InChI=1S/C29H21F5N6O2/c1-3-14(2)25(40-28(41)16-8-4-5-9-17(16)29(40)42)27-35-18-10-6-7-11-19(18)38(27)12-15-13-39(37-36-15)26-23(33)21(31)20(30)22(32)24(26)34/h4-11,13-14,25H,3,12H2,1-2H3/t14?,25-/m1/s1. The molecule has 8 nitrogen and oxygen atoms in total. The molecule has 0 N–H and O–H groups in total. The Morgan fingerprint density at radius 2 is 1.38 bits per heavy atom. The van der Waals surface area contributed by atoms with Gasteiger partial charge in [0.15, 0.2) is 23.3 Å². The fourth-order valence-electron chi connectivity index (χ4n) is 5.23. The van der Waals surface area contributed by atoms with E-state index >= 15 is 0 Å². The third kappa shape index (κ3) is 4.06. The first-order valence-corrected chi connectivity index (χ1v) is 13.0. The average molecular weight is 581 g/mol. The van der Waals surface area contributed by atoms with Crippen LogP contribution in [0.1, 0.15) is 58.5 Å². The SMILES string of the molecule is CCC(C)[C@H](c1nc2ccccc2n1Cc1cn(-c2c(F)c(F)c(F)c(F)c2F)nn1)N1C(=O)c2ccccc2C1=O. The lowest BCUT2D eigenvalue weighted by atomic mass is 9.96. The van der Waals surface area contributed by atoms with Crippen LogP contribution in [-0.2, 0) is 6.54 Å². The molecule has 6 rings (SSSR count). The molecule has 3 heterocycles. The van der Waals surface area contributed by atoms with Gasteiger partial charge in [0.2, 0.25) is 5.82 Å². The third-order valence-electron chi connectivity index (χ3n) is 7.51. The number of carbonyl (C=O) groups is 2. The van der Waals surface area contributed by atoms with Crippen LogP contribution in [0.2, 0.25) is 0 Å². The zero-order valence-electron chi connectivity index (χ0n) is 22.2. The molecule has 13 heteroatoms. The Morgan fingerprint density at radius 3 is 2.00 bits per heavy atom. The number of amides is 2. The van der Waals surface area contributed by atoms with Gasteiger partial charge in [0.05, 0.1) is 34.9 Å². The number of halogens is 5. The number of hydrogen-bond acceptors (Lipinski definition) is 5. The van der Waals surface area contributed by atoms with Crippen molar-refractivity contribution in [2.75, 3.05) is 0 Å². The van der Waals surface area contributed by atoms with Gasteiger partial charge in [0.1, 0.15) is 23.2 Å². The molecule has 42 heavy (non-hydrogen) atoms. The topological polar surface area (TPSA) is 85.9 Å². The van der Waals surface area contributed by atoms with Crippen LogP contribution >= 0.6 is 0 Å². The average Bonchev–Trinajstić information content (AvgIpc) is 3.67. The van der Waals surface area contributed by atoms with Crippen molar-refractivity contribution in [1.29, 1.82) is 0 Å². The molecule has 1 aliphatic heterocycles. The summed E-state index contributed by atoms with van der Waals surface area (Å²) >= 11 is 0. The van der Waals surface area contributed by atoms with Gasteiger partial charge in [-0.2, -0.15) is 0 Å². The Morgan fingerprint density at radius 1 is 0.810 bits per heavy atom. The summed E-state index contributed by atoms with van der Waals surface area (Å²) < 4.78 is 72.3. The van der Waals surface area contributed by atoms with Crippen molar-refractivity contribution in [3.8, 4) is 5.69 Å². The number of imide groups is 1. The Bertz CT molecular complexity index is 1840. The number of benzene rings is 3. The minimum absolute atomic E-state index is 0.0913. The van der Waals surface area contributed by atoms with Crippen LogP contribution in [0, 0.1) is 35.0 Å². The number of hydrogen-bond donors (Lipinski definition) is 0. The van der Waals surface area contributed by atoms with E-state index in [9.17, 15) is 31.5 Å². The van der Waals surface area contributed by atoms with Gasteiger partial charge in [0.25, 0.3) is 11.8 Å². The lowest BCUT2D eigenvalue weighted by Crippen LogP contribution is -2.39. The highest BCUT2D eigenvalue weighted by Gasteiger charge is 2.44. The highest BCUT2D eigenvalue weighted by Crippen LogP contribution is 2.38. The van der Waals surface area contributed by atoms with E-state index in [0.717, 1.165) is 6.20 Å². The Balaban J connectivity index is 1.46. The Labute approximate surface area is 235 Å². The van der Waals surface area contributed by atoms with E-state index in [-0.39, 0.29) is 29.3 Å². The van der Waals surface area contributed by atoms with Gasteiger partial charge in [0, 0.05) is 0 Å². The van der Waals surface area contributed by atoms with Crippen LogP contribution in [0.4, 0.5) is 22.0 Å². The van der Waals surface area contributed by atoms with E-state index in [0.29, 0.717) is 28.0 Å². The lowest BCUT2D eigenvalue weighted by molar-refractivity contribution is 0.0514. The molecular formula is C29H21F5N6O2. The second kappa shape index (κ2) is 10.2. The quantitative estimate of drug-likeness (QED) is 0.106. The summed E-state index contributed by atoms with van der Waals surface area (Å²) in [7, 11) is 0. The maximum atomic E-state index is 14.4. The minimum Gasteiger partial charge on any atom is -0.320 e. The third-order valence-corrected chi connectivity index (χ3v) is 7.51. The number of carbonyl (C=O) groups excluding carboxylic acids is 2. The van der Waals surface area contributed by atoms with Gasteiger partial charge in [-0.1, -0.05) is 49.7 Å². The van der Waals surface area contributed by atoms with E-state index in [1.54, 1.807) is 53.1 Å².